The van der Waals surface area contributed by atoms with Gasteiger partial charge < -0.3 is 18.6 Å². The van der Waals surface area contributed by atoms with Crippen molar-refractivity contribution in [1.29, 1.82) is 0 Å². The van der Waals surface area contributed by atoms with Crippen molar-refractivity contribution < 1.29 is 18.8 Å². The molecule has 2 aliphatic rings. The first-order chi connectivity index (χ1) is 16.6. The van der Waals surface area contributed by atoms with Crippen LogP contribution in [-0.2, 0) is 18.8 Å². The molecule has 0 spiro atoms. The Kier molecular flexibility index (Phi) is 8.18. The Morgan fingerprint density at radius 2 is 1.97 bits per heavy atom. The van der Waals surface area contributed by atoms with Crippen LogP contribution in [0.5, 0.6) is 0 Å². The van der Waals surface area contributed by atoms with Crippen molar-refractivity contribution in [1.82, 2.24) is 14.5 Å². The largest absolute Gasteiger partial charge is 0.498 e. The van der Waals surface area contributed by atoms with Crippen LogP contribution in [-0.4, -0.2) is 51.2 Å². The summed E-state index contributed by atoms with van der Waals surface area (Å²) in [5, 5.41) is 0.658. The van der Waals surface area contributed by atoms with Crippen molar-refractivity contribution in [3.8, 4) is 0 Å². The number of aromatic nitrogens is 3. The second-order valence-corrected chi connectivity index (χ2v) is 12.0. The molecule has 192 valence electrons. The topological polar surface area (TPSA) is 75.5 Å². The zero-order chi connectivity index (χ0) is 25.2. The molecule has 7 nitrogen and oxygen atoms in total. The maximum Gasteiger partial charge on any atom is 0.498 e. The molecule has 3 heterocycles. The summed E-state index contributed by atoms with van der Waals surface area (Å²) in [6, 6.07) is 0.495. The van der Waals surface area contributed by atoms with E-state index in [9.17, 15) is 4.79 Å². The van der Waals surface area contributed by atoms with Crippen molar-refractivity contribution in [2.45, 2.75) is 109 Å². The van der Waals surface area contributed by atoms with Gasteiger partial charge >= 0.3 is 13.1 Å². The standard InChI is InChI=1S/C26H40BN3O4S/c1-7-9-10-18(8-2)17-32-22(31)13-14-35-24-28-15-21-23(29-24)20(16-30(21)19-11-12-19)27-33-25(3,4)26(5,6)34-27/h15-16,18-19H,7-14,17H2,1-6H3. The molecule has 1 aliphatic carbocycles. The molecule has 4 rings (SSSR count). The van der Waals surface area contributed by atoms with Gasteiger partial charge in [-0.2, -0.15) is 0 Å². The molecule has 0 N–H and O–H groups in total. The molecule has 1 atom stereocenters. The van der Waals surface area contributed by atoms with Crippen LogP contribution in [0.1, 0.15) is 92.5 Å². The van der Waals surface area contributed by atoms with Crippen LogP contribution in [0.4, 0.5) is 0 Å². The van der Waals surface area contributed by atoms with Crippen LogP contribution >= 0.6 is 11.8 Å². The first kappa shape index (κ1) is 26.5. The molecule has 2 aromatic rings. The average molecular weight is 502 g/mol. The zero-order valence-electron chi connectivity index (χ0n) is 22.1. The summed E-state index contributed by atoms with van der Waals surface area (Å²) in [4.78, 5) is 21.7. The van der Waals surface area contributed by atoms with E-state index in [1.807, 2.05) is 6.20 Å². The van der Waals surface area contributed by atoms with E-state index in [1.165, 1.54) is 37.4 Å². The normalized spacial score (nSPS) is 19.9. The Morgan fingerprint density at radius 1 is 1.26 bits per heavy atom. The summed E-state index contributed by atoms with van der Waals surface area (Å²) in [6.07, 6.45) is 11.2. The van der Waals surface area contributed by atoms with E-state index < -0.39 is 18.3 Å². The molecule has 0 aromatic carbocycles. The predicted octanol–water partition coefficient (Wildman–Crippen LogP) is 5.31. The molecule has 0 bridgehead atoms. The Bertz CT molecular complexity index is 1020. The van der Waals surface area contributed by atoms with E-state index in [0.29, 0.717) is 35.9 Å². The third-order valence-corrected chi connectivity index (χ3v) is 8.45. The summed E-state index contributed by atoms with van der Waals surface area (Å²) >= 11 is 1.49. The number of carbonyl (C=O) groups is 1. The van der Waals surface area contributed by atoms with Crippen molar-refractivity contribution in [2.75, 3.05) is 12.4 Å². The molecular formula is C26H40BN3O4S. The number of fused-ring (bicyclic) bond motifs is 1. The van der Waals surface area contributed by atoms with Crippen molar-refractivity contribution >= 4 is 41.3 Å². The highest BCUT2D eigenvalue weighted by molar-refractivity contribution is 7.99. The van der Waals surface area contributed by atoms with E-state index >= 15 is 0 Å². The highest BCUT2D eigenvalue weighted by Gasteiger charge is 2.52. The van der Waals surface area contributed by atoms with Gasteiger partial charge in [-0.05, 0) is 52.9 Å². The van der Waals surface area contributed by atoms with Gasteiger partial charge in [0.05, 0.1) is 41.5 Å². The summed E-state index contributed by atoms with van der Waals surface area (Å²) < 4.78 is 20.5. The molecule has 2 aromatic heterocycles. The van der Waals surface area contributed by atoms with Crippen LogP contribution in [0.3, 0.4) is 0 Å². The minimum atomic E-state index is -0.468. The lowest BCUT2D eigenvalue weighted by Crippen LogP contribution is -2.41. The van der Waals surface area contributed by atoms with Crippen LogP contribution in [0.15, 0.2) is 17.6 Å². The number of esters is 1. The van der Waals surface area contributed by atoms with Gasteiger partial charge in [-0.1, -0.05) is 44.9 Å². The fourth-order valence-electron chi connectivity index (χ4n) is 4.31. The van der Waals surface area contributed by atoms with Gasteiger partial charge in [0.2, 0.25) is 0 Å². The lowest BCUT2D eigenvalue weighted by molar-refractivity contribution is -0.144. The number of thioether (sulfide) groups is 1. The zero-order valence-corrected chi connectivity index (χ0v) is 23.0. The second kappa shape index (κ2) is 10.8. The summed E-state index contributed by atoms with van der Waals surface area (Å²) in [5.74, 6) is 0.901. The number of unbranched alkanes of at least 4 members (excludes halogenated alkanes) is 1. The Morgan fingerprint density at radius 3 is 2.60 bits per heavy atom. The molecular weight excluding hydrogens is 461 g/mol. The third-order valence-electron chi connectivity index (χ3n) is 7.59. The Labute approximate surface area is 214 Å². The monoisotopic (exact) mass is 501 g/mol. The summed E-state index contributed by atoms with van der Waals surface area (Å²) in [6.45, 7) is 13.1. The van der Waals surface area contributed by atoms with E-state index in [-0.39, 0.29) is 5.97 Å². The molecule has 1 unspecified atom stereocenters. The van der Waals surface area contributed by atoms with Gasteiger partial charge in [-0.15, -0.1) is 0 Å². The second-order valence-electron chi connectivity index (χ2n) is 10.9. The van der Waals surface area contributed by atoms with Crippen LogP contribution in [0.25, 0.3) is 11.0 Å². The van der Waals surface area contributed by atoms with Crippen molar-refractivity contribution in [3.05, 3.63) is 12.4 Å². The highest BCUT2D eigenvalue weighted by Crippen LogP contribution is 2.40. The van der Waals surface area contributed by atoms with Crippen LogP contribution < -0.4 is 5.46 Å². The lowest BCUT2D eigenvalue weighted by Gasteiger charge is -2.32. The molecule has 0 radical (unpaired) electrons. The summed E-state index contributed by atoms with van der Waals surface area (Å²) in [7, 11) is -0.468. The van der Waals surface area contributed by atoms with Gasteiger partial charge in [0, 0.05) is 23.5 Å². The molecule has 1 aliphatic heterocycles. The average Bonchev–Trinajstić information content (AvgIpc) is 3.54. The smallest absolute Gasteiger partial charge is 0.465 e. The summed E-state index contributed by atoms with van der Waals surface area (Å²) in [5.41, 5.74) is 2.01. The quantitative estimate of drug-likeness (QED) is 0.169. The lowest BCUT2D eigenvalue weighted by atomic mass is 9.80. The first-order valence-electron chi connectivity index (χ1n) is 13.2. The number of nitrogens with zero attached hydrogens (tertiary/aromatic N) is 3. The molecule has 9 heteroatoms. The maximum atomic E-state index is 12.3. The van der Waals surface area contributed by atoms with E-state index in [1.54, 1.807) is 0 Å². The number of ether oxygens (including phenoxy) is 1. The molecule has 1 saturated heterocycles. The molecule has 2 fully saturated rings. The molecule has 0 amide bonds. The fraction of sp³-hybridized carbons (Fsp3) is 0.731. The van der Waals surface area contributed by atoms with Gasteiger partial charge in [-0.3, -0.25) is 4.79 Å². The van der Waals surface area contributed by atoms with Gasteiger partial charge in [-0.25, -0.2) is 9.97 Å². The van der Waals surface area contributed by atoms with Crippen molar-refractivity contribution in [3.63, 3.8) is 0 Å². The molecule has 35 heavy (non-hydrogen) atoms. The Balaban J connectivity index is 1.41. The van der Waals surface area contributed by atoms with Gasteiger partial charge in [0.25, 0.3) is 0 Å². The van der Waals surface area contributed by atoms with E-state index in [4.69, 9.17) is 19.0 Å². The van der Waals surface area contributed by atoms with Gasteiger partial charge in [0.15, 0.2) is 5.16 Å². The maximum absolute atomic E-state index is 12.3. The van der Waals surface area contributed by atoms with E-state index in [0.717, 1.165) is 29.3 Å². The minimum Gasteiger partial charge on any atom is -0.465 e. The minimum absolute atomic E-state index is 0.147. The van der Waals surface area contributed by atoms with Crippen molar-refractivity contribution in [2.24, 2.45) is 5.92 Å². The number of carbonyl (C=O) groups excluding carboxylic acids is 1. The Hall–Kier alpha value is -1.58. The SMILES string of the molecule is CCCCC(CC)COC(=O)CCSc1ncc2c(n1)c(B1OC(C)(C)C(C)(C)O1)cn2C1CC1. The van der Waals surface area contributed by atoms with Crippen LogP contribution in [0, 0.1) is 5.92 Å². The number of hydrogen-bond donors (Lipinski definition) is 0. The third kappa shape index (κ3) is 6.05. The number of hydrogen-bond acceptors (Lipinski definition) is 7. The van der Waals surface area contributed by atoms with Gasteiger partial charge in [0.1, 0.15) is 0 Å². The predicted molar refractivity (Wildman–Crippen MR) is 141 cm³/mol. The highest BCUT2D eigenvalue weighted by atomic mass is 32.2. The number of rotatable bonds is 12. The van der Waals surface area contributed by atoms with Crippen LogP contribution in [0.2, 0.25) is 0 Å². The molecule has 1 saturated carbocycles. The first-order valence-corrected chi connectivity index (χ1v) is 14.1. The fourth-order valence-corrected chi connectivity index (χ4v) is 5.05. The van der Waals surface area contributed by atoms with E-state index in [2.05, 4.69) is 57.3 Å².